The summed E-state index contributed by atoms with van der Waals surface area (Å²) in [5, 5.41) is 17.6. The minimum atomic E-state index is -0.0165. The Kier molecular flexibility index (Phi) is 6.35. The number of aromatic nitrogens is 2. The highest BCUT2D eigenvalue weighted by molar-refractivity contribution is 5.67. The molecule has 35 heavy (non-hydrogen) atoms. The Labute approximate surface area is 205 Å². The molecule has 6 nitrogen and oxygen atoms in total. The maximum Gasteiger partial charge on any atom is 0.258 e. The molecule has 0 fully saturated rings. The molecule has 0 spiro atoms. The topological polar surface area (TPSA) is 84.0 Å². The van der Waals surface area contributed by atoms with Gasteiger partial charge in [-0.25, -0.2) is 0 Å². The molecular formula is C29H28N4O2. The highest BCUT2D eigenvalue weighted by atomic mass is 16.5. The number of fused-ring (bicyclic) bond motifs is 1. The molecule has 3 aromatic carbocycles. The van der Waals surface area contributed by atoms with Crippen LogP contribution in [0.15, 0.2) is 71.3 Å². The normalized spacial score (nSPS) is 15.6. The Morgan fingerprint density at radius 3 is 2.66 bits per heavy atom. The number of nitrogens with one attached hydrogen (secondary N) is 1. The molecule has 0 unspecified atom stereocenters. The van der Waals surface area contributed by atoms with Gasteiger partial charge in [-0.15, -0.1) is 0 Å². The highest BCUT2D eigenvalue weighted by Crippen LogP contribution is 2.38. The van der Waals surface area contributed by atoms with Gasteiger partial charge in [-0.3, -0.25) is 0 Å². The fourth-order valence-corrected chi connectivity index (χ4v) is 4.73. The van der Waals surface area contributed by atoms with Crippen molar-refractivity contribution < 1.29 is 9.26 Å². The number of hydrogen-bond acceptors (Lipinski definition) is 6. The molecule has 1 N–H and O–H groups in total. The van der Waals surface area contributed by atoms with E-state index in [1.54, 1.807) is 12.1 Å². The van der Waals surface area contributed by atoms with Crippen molar-refractivity contribution in [3.8, 4) is 34.7 Å². The Balaban J connectivity index is 1.40. The molecule has 1 aliphatic carbocycles. The van der Waals surface area contributed by atoms with Crippen LogP contribution in [0.25, 0.3) is 22.8 Å². The smallest absolute Gasteiger partial charge is 0.258 e. The summed E-state index contributed by atoms with van der Waals surface area (Å²) in [6.45, 7) is 6.07. The monoisotopic (exact) mass is 464 g/mol. The summed E-state index contributed by atoms with van der Waals surface area (Å²) in [6.07, 6.45) is 1.96. The van der Waals surface area contributed by atoms with E-state index in [1.165, 1.54) is 16.7 Å². The van der Waals surface area contributed by atoms with Crippen molar-refractivity contribution in [1.29, 1.82) is 5.26 Å². The van der Waals surface area contributed by atoms with Crippen LogP contribution in [0.5, 0.6) is 5.75 Å². The zero-order valence-corrected chi connectivity index (χ0v) is 20.2. The van der Waals surface area contributed by atoms with Crippen molar-refractivity contribution in [2.45, 2.75) is 51.8 Å². The average Bonchev–Trinajstić information content (AvgIpc) is 3.52. The van der Waals surface area contributed by atoms with Crippen LogP contribution >= 0.6 is 0 Å². The van der Waals surface area contributed by atoms with Crippen LogP contribution in [0.4, 0.5) is 0 Å². The van der Waals surface area contributed by atoms with Crippen LogP contribution in [0.2, 0.25) is 0 Å². The first-order chi connectivity index (χ1) is 17.0. The summed E-state index contributed by atoms with van der Waals surface area (Å²) < 4.78 is 11.3. The van der Waals surface area contributed by atoms with E-state index in [4.69, 9.17) is 9.26 Å². The van der Waals surface area contributed by atoms with Crippen LogP contribution < -0.4 is 10.1 Å². The van der Waals surface area contributed by atoms with E-state index in [1.807, 2.05) is 26.0 Å². The van der Waals surface area contributed by atoms with E-state index in [0.717, 1.165) is 18.4 Å². The van der Waals surface area contributed by atoms with Crippen LogP contribution in [0.3, 0.4) is 0 Å². The molecule has 4 aromatic rings. The molecule has 176 valence electrons. The van der Waals surface area contributed by atoms with Gasteiger partial charge in [-0.05, 0) is 68.5 Å². The van der Waals surface area contributed by atoms with Gasteiger partial charge in [0.25, 0.3) is 5.89 Å². The zero-order chi connectivity index (χ0) is 24.4. The van der Waals surface area contributed by atoms with E-state index in [0.29, 0.717) is 28.6 Å². The van der Waals surface area contributed by atoms with Gasteiger partial charge in [0.15, 0.2) is 0 Å². The predicted molar refractivity (Wildman–Crippen MR) is 135 cm³/mol. The second-order valence-electron chi connectivity index (χ2n) is 9.18. The number of benzene rings is 3. The fraction of sp³-hybridized carbons (Fsp3) is 0.276. The highest BCUT2D eigenvalue weighted by Gasteiger charge is 2.27. The van der Waals surface area contributed by atoms with Crippen molar-refractivity contribution >= 4 is 0 Å². The first kappa shape index (κ1) is 22.8. The van der Waals surface area contributed by atoms with Gasteiger partial charge in [-0.2, -0.15) is 10.2 Å². The first-order valence-corrected chi connectivity index (χ1v) is 12.0. The van der Waals surface area contributed by atoms with Crippen molar-refractivity contribution in [1.82, 2.24) is 15.5 Å². The molecule has 1 aromatic heterocycles. The Morgan fingerprint density at radius 1 is 1.06 bits per heavy atom. The van der Waals surface area contributed by atoms with Crippen molar-refractivity contribution in [3.63, 3.8) is 0 Å². The van der Waals surface area contributed by atoms with Gasteiger partial charge in [0, 0.05) is 23.2 Å². The number of hydrogen-bond donors (Lipinski definition) is 1. The SMILES string of the molecule is CC(C)Oc1ccc(-c2nc(-c3cccc4c3CC[C@H]4N[C@H](C)c3ccccc3)no2)cc1C#N. The lowest BCUT2D eigenvalue weighted by atomic mass is 10.0. The molecule has 0 saturated heterocycles. The summed E-state index contributed by atoms with van der Waals surface area (Å²) in [7, 11) is 0. The molecule has 0 radical (unpaired) electrons. The summed E-state index contributed by atoms with van der Waals surface area (Å²) >= 11 is 0. The summed E-state index contributed by atoms with van der Waals surface area (Å²) in [4.78, 5) is 4.68. The summed E-state index contributed by atoms with van der Waals surface area (Å²) in [6, 6.07) is 24.9. The Bertz CT molecular complexity index is 1370. The predicted octanol–water partition coefficient (Wildman–Crippen LogP) is 6.40. The maximum atomic E-state index is 9.55. The molecule has 6 heteroatoms. The first-order valence-electron chi connectivity index (χ1n) is 12.0. The van der Waals surface area contributed by atoms with Crippen LogP contribution in [0, 0.1) is 11.3 Å². The zero-order valence-electron chi connectivity index (χ0n) is 20.2. The quantitative estimate of drug-likeness (QED) is 0.341. The van der Waals surface area contributed by atoms with E-state index < -0.39 is 0 Å². The number of ether oxygens (including phenoxy) is 1. The fourth-order valence-electron chi connectivity index (χ4n) is 4.73. The molecular weight excluding hydrogens is 436 g/mol. The lowest BCUT2D eigenvalue weighted by Crippen LogP contribution is -2.22. The van der Waals surface area contributed by atoms with E-state index in [2.05, 4.69) is 70.9 Å². The van der Waals surface area contributed by atoms with Crippen molar-refractivity contribution in [2.24, 2.45) is 0 Å². The Morgan fingerprint density at radius 2 is 1.89 bits per heavy atom. The maximum absolute atomic E-state index is 9.55. The van der Waals surface area contributed by atoms with Crippen LogP contribution in [-0.2, 0) is 6.42 Å². The molecule has 0 aliphatic heterocycles. The van der Waals surface area contributed by atoms with E-state index in [9.17, 15) is 5.26 Å². The molecule has 0 amide bonds. The minimum absolute atomic E-state index is 0.0165. The third-order valence-electron chi connectivity index (χ3n) is 6.40. The van der Waals surface area contributed by atoms with Gasteiger partial charge in [0.1, 0.15) is 11.8 Å². The lowest BCUT2D eigenvalue weighted by molar-refractivity contribution is 0.241. The number of rotatable bonds is 7. The second-order valence-corrected chi connectivity index (χ2v) is 9.18. The average molecular weight is 465 g/mol. The Hall–Kier alpha value is -3.95. The third kappa shape index (κ3) is 4.68. The molecule has 2 atom stereocenters. The van der Waals surface area contributed by atoms with Crippen LogP contribution in [-0.4, -0.2) is 16.2 Å². The van der Waals surface area contributed by atoms with E-state index >= 15 is 0 Å². The van der Waals surface area contributed by atoms with E-state index in [-0.39, 0.29) is 18.2 Å². The van der Waals surface area contributed by atoms with Gasteiger partial charge in [0.2, 0.25) is 5.82 Å². The largest absolute Gasteiger partial charge is 0.490 e. The molecule has 0 bridgehead atoms. The standard InChI is InChI=1S/C29H28N4O2/c1-18(2)34-27-15-12-21(16-22(27)17-30)29-32-28(33-35-29)25-11-7-10-24-23(25)13-14-26(24)31-19(3)20-8-5-4-6-9-20/h4-12,15-16,18-19,26,31H,13-14H2,1-3H3/t19-,26-/m1/s1. The molecule has 1 aliphatic rings. The van der Waals surface area contributed by atoms with Crippen molar-refractivity contribution in [3.05, 3.63) is 89.0 Å². The molecule has 5 rings (SSSR count). The van der Waals surface area contributed by atoms with Gasteiger partial charge in [-0.1, -0.05) is 53.7 Å². The lowest BCUT2D eigenvalue weighted by Gasteiger charge is -2.21. The van der Waals surface area contributed by atoms with Crippen LogP contribution in [0.1, 0.15) is 61.5 Å². The number of nitrogens with zero attached hydrogens (tertiary/aromatic N) is 3. The molecule has 1 heterocycles. The van der Waals surface area contributed by atoms with Gasteiger partial charge in [0.05, 0.1) is 11.7 Å². The third-order valence-corrected chi connectivity index (χ3v) is 6.40. The number of nitriles is 1. The van der Waals surface area contributed by atoms with Gasteiger partial charge >= 0.3 is 0 Å². The van der Waals surface area contributed by atoms with Gasteiger partial charge < -0.3 is 14.6 Å². The molecule has 0 saturated carbocycles. The summed E-state index contributed by atoms with van der Waals surface area (Å²) in [5.41, 5.74) is 5.96. The minimum Gasteiger partial charge on any atom is -0.490 e. The summed E-state index contributed by atoms with van der Waals surface area (Å²) in [5.74, 6) is 1.50. The van der Waals surface area contributed by atoms with Crippen molar-refractivity contribution in [2.75, 3.05) is 0 Å². The second kappa shape index (κ2) is 9.73.